The number of nitrogens with zero attached hydrogens (tertiary/aromatic N) is 1. The number of carbonyl (C=O) groups excluding carboxylic acids is 1. The molecule has 29 heavy (non-hydrogen) atoms. The Morgan fingerprint density at radius 3 is 2.90 bits per heavy atom. The summed E-state index contributed by atoms with van der Waals surface area (Å²) in [5.41, 5.74) is 3.64. The molecular weight excluding hydrogens is 369 g/mol. The van der Waals surface area contributed by atoms with E-state index in [0.29, 0.717) is 12.8 Å². The lowest BCUT2D eigenvalue weighted by molar-refractivity contribution is -0.162. The first-order valence-corrected chi connectivity index (χ1v) is 9.88. The van der Waals surface area contributed by atoms with Crippen molar-refractivity contribution in [1.82, 2.24) is 4.90 Å². The number of rotatable bonds is 6. The quantitative estimate of drug-likeness (QED) is 0.499. The molecule has 1 saturated heterocycles. The molecule has 148 valence electrons. The van der Waals surface area contributed by atoms with Crippen molar-refractivity contribution in [2.24, 2.45) is 0 Å². The van der Waals surface area contributed by atoms with Crippen LogP contribution in [0.2, 0.25) is 0 Å². The molecule has 1 fully saturated rings. The summed E-state index contributed by atoms with van der Waals surface area (Å²) in [7, 11) is -1.72. The Bertz CT molecular complexity index is 1080. The first kappa shape index (κ1) is 18.4. The van der Waals surface area contributed by atoms with Gasteiger partial charge in [0.2, 0.25) is 6.41 Å². The first-order chi connectivity index (χ1) is 14.0. The largest absolute Gasteiger partial charge is 0.476 e. The summed E-state index contributed by atoms with van der Waals surface area (Å²) in [6.07, 6.45) is 3.91. The second-order valence-corrected chi connectivity index (χ2v) is 7.93. The van der Waals surface area contributed by atoms with Crippen LogP contribution in [0.1, 0.15) is 41.2 Å². The molecule has 1 aromatic heterocycles. The number of amides is 1. The first-order valence-electron chi connectivity index (χ1n) is 9.88. The van der Waals surface area contributed by atoms with E-state index in [0.717, 1.165) is 39.6 Å². The average molecular weight is 391 g/mol. The molecule has 2 N–H and O–H groups in total. The van der Waals surface area contributed by atoms with Gasteiger partial charge < -0.3 is 24.1 Å². The molecule has 0 aliphatic carbocycles. The van der Waals surface area contributed by atoms with E-state index in [1.807, 2.05) is 49.4 Å². The zero-order chi connectivity index (χ0) is 20.2. The zero-order valence-electron chi connectivity index (χ0n) is 16.1. The standard InChI is InChI=1S/C22H22BNO5/c1-14-5-4-7-16-15(12-28-21(14)16)11-20(23(26)27)24(13-25)22-10-9-19(29-22)17-6-2-3-8-18(17)22/h2-8,12-13,19-20,26-27H,9-11H2,1H3/t19-,20+,22+/m1/s1. The number of carbonyl (C=O) groups is 1. The Morgan fingerprint density at radius 1 is 1.28 bits per heavy atom. The third kappa shape index (κ3) is 2.65. The summed E-state index contributed by atoms with van der Waals surface area (Å²) in [6.45, 7) is 1.96. The number of hydrogen-bond acceptors (Lipinski definition) is 5. The number of para-hydroxylation sites is 1. The summed E-state index contributed by atoms with van der Waals surface area (Å²) in [4.78, 5) is 13.7. The average Bonchev–Trinajstić information content (AvgIpc) is 3.42. The van der Waals surface area contributed by atoms with Crippen molar-refractivity contribution in [3.8, 4) is 0 Å². The molecule has 2 aliphatic rings. The van der Waals surface area contributed by atoms with E-state index in [-0.39, 0.29) is 12.5 Å². The van der Waals surface area contributed by atoms with Crippen LogP contribution < -0.4 is 0 Å². The van der Waals surface area contributed by atoms with Crippen molar-refractivity contribution in [2.45, 2.75) is 44.0 Å². The molecule has 6 nitrogen and oxygen atoms in total. The Labute approximate surface area is 168 Å². The second-order valence-electron chi connectivity index (χ2n) is 7.93. The van der Waals surface area contributed by atoms with Crippen molar-refractivity contribution in [2.75, 3.05) is 0 Å². The number of ether oxygens (including phenoxy) is 1. The second kappa shape index (κ2) is 6.73. The smallest absolute Gasteiger partial charge is 0.464 e. The highest BCUT2D eigenvalue weighted by atomic mass is 16.5. The summed E-state index contributed by atoms with van der Waals surface area (Å²) < 4.78 is 12.0. The summed E-state index contributed by atoms with van der Waals surface area (Å²) in [6, 6.07) is 13.7. The number of furan rings is 1. The van der Waals surface area contributed by atoms with Crippen LogP contribution in [0.25, 0.3) is 11.0 Å². The van der Waals surface area contributed by atoms with Crippen molar-refractivity contribution < 1.29 is 24.0 Å². The van der Waals surface area contributed by atoms with Gasteiger partial charge in [0.15, 0.2) is 5.72 Å². The lowest BCUT2D eigenvalue weighted by Crippen LogP contribution is -2.56. The minimum Gasteiger partial charge on any atom is -0.464 e. The molecular formula is C22H22BNO5. The van der Waals surface area contributed by atoms with Crippen molar-refractivity contribution in [3.05, 3.63) is 71.0 Å². The van der Waals surface area contributed by atoms with Crippen LogP contribution in [0.4, 0.5) is 0 Å². The van der Waals surface area contributed by atoms with Gasteiger partial charge in [-0.3, -0.25) is 4.79 Å². The summed E-state index contributed by atoms with van der Waals surface area (Å²) in [5.74, 6) is -0.876. The van der Waals surface area contributed by atoms with Crippen molar-refractivity contribution in [3.63, 3.8) is 0 Å². The zero-order valence-corrected chi connectivity index (χ0v) is 16.1. The number of benzene rings is 2. The van der Waals surface area contributed by atoms with Crippen LogP contribution in [-0.2, 0) is 21.7 Å². The lowest BCUT2D eigenvalue weighted by atomic mass is 9.72. The maximum Gasteiger partial charge on any atom is 0.476 e. The molecule has 2 aliphatic heterocycles. The van der Waals surface area contributed by atoms with Gasteiger partial charge in [-0.05, 0) is 36.5 Å². The molecule has 3 atom stereocenters. The molecule has 0 radical (unpaired) electrons. The van der Waals surface area contributed by atoms with Crippen LogP contribution in [0.15, 0.2) is 53.1 Å². The van der Waals surface area contributed by atoms with Gasteiger partial charge in [-0.1, -0.05) is 42.5 Å². The van der Waals surface area contributed by atoms with E-state index in [1.54, 1.807) is 6.26 Å². The van der Waals surface area contributed by atoms with E-state index in [9.17, 15) is 14.8 Å². The summed E-state index contributed by atoms with van der Waals surface area (Å²) in [5, 5.41) is 21.4. The molecule has 3 aromatic rings. The molecule has 0 saturated carbocycles. The number of fused-ring (bicyclic) bond motifs is 6. The third-order valence-corrected chi connectivity index (χ3v) is 6.35. The molecule has 7 heteroatoms. The van der Waals surface area contributed by atoms with Crippen LogP contribution in [0.5, 0.6) is 0 Å². The predicted molar refractivity (Wildman–Crippen MR) is 108 cm³/mol. The molecule has 0 spiro atoms. The highest BCUT2D eigenvalue weighted by molar-refractivity contribution is 6.43. The monoisotopic (exact) mass is 391 g/mol. The Balaban J connectivity index is 1.55. The van der Waals surface area contributed by atoms with Crippen LogP contribution in [-0.4, -0.2) is 34.4 Å². The van der Waals surface area contributed by atoms with E-state index in [4.69, 9.17) is 9.15 Å². The molecule has 1 amide bonds. The topological polar surface area (TPSA) is 83.1 Å². The van der Waals surface area contributed by atoms with Crippen molar-refractivity contribution >= 4 is 24.5 Å². The van der Waals surface area contributed by atoms with Crippen LogP contribution in [0.3, 0.4) is 0 Å². The van der Waals surface area contributed by atoms with Gasteiger partial charge in [-0.2, -0.15) is 0 Å². The number of hydrogen-bond donors (Lipinski definition) is 2. The van der Waals surface area contributed by atoms with Crippen molar-refractivity contribution in [1.29, 1.82) is 0 Å². The summed E-state index contributed by atoms with van der Waals surface area (Å²) >= 11 is 0. The normalized spacial score (nSPS) is 23.2. The minimum atomic E-state index is -1.72. The van der Waals surface area contributed by atoms with Gasteiger partial charge in [-0.25, -0.2) is 0 Å². The predicted octanol–water partition coefficient (Wildman–Crippen LogP) is 2.84. The van der Waals surface area contributed by atoms with Gasteiger partial charge in [-0.15, -0.1) is 0 Å². The van der Waals surface area contributed by atoms with Gasteiger partial charge in [0.25, 0.3) is 0 Å². The Morgan fingerprint density at radius 2 is 2.10 bits per heavy atom. The molecule has 3 heterocycles. The highest BCUT2D eigenvalue weighted by Gasteiger charge is 2.56. The van der Waals surface area contributed by atoms with Crippen LogP contribution >= 0.6 is 0 Å². The van der Waals surface area contributed by atoms with E-state index >= 15 is 0 Å². The van der Waals surface area contributed by atoms with E-state index in [2.05, 4.69) is 0 Å². The SMILES string of the molecule is Cc1cccc2c(C[C@@H](B(O)O)N(C=O)[C@@]34CC[C@@H](O3)c3ccccc34)coc12. The Kier molecular flexibility index (Phi) is 4.27. The van der Waals surface area contributed by atoms with E-state index < -0.39 is 18.8 Å². The molecule has 0 unspecified atom stereocenters. The fourth-order valence-corrected chi connectivity index (χ4v) is 4.98. The Hall–Kier alpha value is -2.61. The van der Waals surface area contributed by atoms with Gasteiger partial charge in [0.1, 0.15) is 5.58 Å². The maximum atomic E-state index is 12.3. The molecule has 5 rings (SSSR count). The fourth-order valence-electron chi connectivity index (χ4n) is 4.98. The highest BCUT2D eigenvalue weighted by Crippen LogP contribution is 2.56. The van der Waals surface area contributed by atoms with E-state index in [1.165, 1.54) is 4.90 Å². The van der Waals surface area contributed by atoms with Gasteiger partial charge in [0, 0.05) is 17.4 Å². The van der Waals surface area contributed by atoms with Gasteiger partial charge >= 0.3 is 7.12 Å². The minimum absolute atomic E-state index is 0.0671. The molecule has 2 aromatic carbocycles. The number of aryl methyl sites for hydroxylation is 1. The maximum absolute atomic E-state index is 12.3. The molecule has 2 bridgehead atoms. The third-order valence-electron chi connectivity index (χ3n) is 6.35. The fraction of sp³-hybridized carbons (Fsp3) is 0.318. The lowest BCUT2D eigenvalue weighted by Gasteiger charge is -2.41. The van der Waals surface area contributed by atoms with Crippen LogP contribution in [0, 0.1) is 6.92 Å². The van der Waals surface area contributed by atoms with Gasteiger partial charge in [0.05, 0.1) is 18.3 Å².